The summed E-state index contributed by atoms with van der Waals surface area (Å²) in [4.78, 5) is 24.8. The van der Waals surface area contributed by atoms with Crippen LogP contribution in [0, 0.1) is 5.41 Å². The molecule has 1 aromatic heterocycles. The Balaban J connectivity index is 2.28. The predicted octanol–water partition coefficient (Wildman–Crippen LogP) is 5.36. The van der Waals surface area contributed by atoms with Crippen LogP contribution in [0.4, 0.5) is 0 Å². The maximum absolute atomic E-state index is 12.7. The number of fused-ring (bicyclic) bond motifs is 1. The van der Waals surface area contributed by atoms with Gasteiger partial charge in [0.2, 0.25) is 0 Å². The number of Topliss-reactive ketones (excluding diaryl/α,β-unsaturated/α-hetero) is 1. The fourth-order valence-electron chi connectivity index (χ4n) is 3.25. The summed E-state index contributed by atoms with van der Waals surface area (Å²) in [6.07, 6.45) is 5.69. The summed E-state index contributed by atoms with van der Waals surface area (Å²) in [6.45, 7) is 6.46. The number of unbranched alkanes of at least 4 members (excludes halogenated alkanes) is 1. The molecule has 2 aromatic rings. The number of rotatable bonds is 8. The number of carbonyl (C=O) groups excluding carboxylic acids is 1. The van der Waals surface area contributed by atoms with E-state index in [-0.39, 0.29) is 16.8 Å². The van der Waals surface area contributed by atoms with E-state index in [1.54, 1.807) is 12.1 Å². The summed E-state index contributed by atoms with van der Waals surface area (Å²) in [5.41, 5.74) is 0.141. The summed E-state index contributed by atoms with van der Waals surface area (Å²) in [7, 11) is 0. The van der Waals surface area contributed by atoms with Crippen LogP contribution >= 0.6 is 0 Å². The van der Waals surface area contributed by atoms with Crippen molar-refractivity contribution in [3.63, 3.8) is 0 Å². The molecule has 0 amide bonds. The van der Waals surface area contributed by atoms with Gasteiger partial charge >= 0.3 is 5.63 Å². The largest absolute Gasteiger partial charge is 0.422 e. The highest BCUT2D eigenvalue weighted by Gasteiger charge is 2.28. The second-order valence-electron chi connectivity index (χ2n) is 6.75. The van der Waals surface area contributed by atoms with Gasteiger partial charge in [-0.2, -0.15) is 0 Å². The van der Waals surface area contributed by atoms with Crippen molar-refractivity contribution in [2.75, 3.05) is 0 Å². The van der Waals surface area contributed by atoms with E-state index in [1.807, 2.05) is 18.2 Å². The summed E-state index contributed by atoms with van der Waals surface area (Å²) in [5.74, 6) is -0.100. The molecule has 0 bridgehead atoms. The van der Waals surface area contributed by atoms with E-state index in [4.69, 9.17) is 4.42 Å². The van der Waals surface area contributed by atoms with E-state index in [2.05, 4.69) is 20.8 Å². The summed E-state index contributed by atoms with van der Waals surface area (Å²) < 4.78 is 5.29. The topological polar surface area (TPSA) is 47.3 Å². The molecule has 23 heavy (non-hydrogen) atoms. The zero-order valence-electron chi connectivity index (χ0n) is 14.4. The first-order valence-electron chi connectivity index (χ1n) is 8.55. The highest BCUT2D eigenvalue weighted by atomic mass is 16.4. The van der Waals surface area contributed by atoms with Crippen LogP contribution in [0.15, 0.2) is 39.5 Å². The lowest BCUT2D eigenvalue weighted by atomic mass is 9.76. The van der Waals surface area contributed by atoms with Crippen molar-refractivity contribution in [1.29, 1.82) is 0 Å². The van der Waals surface area contributed by atoms with Gasteiger partial charge in [-0.15, -0.1) is 0 Å². The third-order valence-corrected chi connectivity index (χ3v) is 4.52. The summed E-state index contributed by atoms with van der Waals surface area (Å²) >= 11 is 0. The van der Waals surface area contributed by atoms with Crippen LogP contribution in [0.1, 0.15) is 69.7 Å². The lowest BCUT2D eigenvalue weighted by Gasteiger charge is -2.28. The van der Waals surface area contributed by atoms with Gasteiger partial charge in [-0.25, -0.2) is 4.79 Å². The molecule has 0 N–H and O–H groups in total. The molecule has 1 atom stereocenters. The van der Waals surface area contributed by atoms with Gasteiger partial charge in [-0.05, 0) is 30.4 Å². The van der Waals surface area contributed by atoms with Gasteiger partial charge in [0.25, 0.3) is 0 Å². The Bertz CT molecular complexity index is 729. The molecule has 0 aliphatic carbocycles. The van der Waals surface area contributed by atoms with Crippen molar-refractivity contribution in [1.82, 2.24) is 0 Å². The molecule has 1 heterocycles. The van der Waals surface area contributed by atoms with E-state index in [0.717, 1.165) is 37.5 Å². The summed E-state index contributed by atoms with van der Waals surface area (Å²) in [6, 6.07) is 8.97. The molecule has 0 saturated carbocycles. The monoisotopic (exact) mass is 314 g/mol. The van der Waals surface area contributed by atoms with E-state index in [1.165, 1.54) is 0 Å². The highest BCUT2D eigenvalue weighted by molar-refractivity contribution is 5.98. The number of ketones is 1. The Kier molecular flexibility index (Phi) is 5.75. The van der Waals surface area contributed by atoms with Crippen molar-refractivity contribution in [2.45, 2.75) is 59.3 Å². The lowest BCUT2D eigenvalue weighted by molar-refractivity contribution is 0.0899. The Labute approximate surface area is 137 Å². The molecule has 0 radical (unpaired) electrons. The highest BCUT2D eigenvalue weighted by Crippen LogP contribution is 2.34. The molecule has 0 aliphatic heterocycles. The van der Waals surface area contributed by atoms with Crippen LogP contribution in [-0.2, 0) is 0 Å². The van der Waals surface area contributed by atoms with Crippen LogP contribution < -0.4 is 5.63 Å². The summed E-state index contributed by atoms with van der Waals surface area (Å²) in [5, 5.41) is 0.793. The molecule has 0 saturated heterocycles. The van der Waals surface area contributed by atoms with Crippen LogP contribution in [0.25, 0.3) is 11.0 Å². The van der Waals surface area contributed by atoms with Gasteiger partial charge < -0.3 is 4.42 Å². The van der Waals surface area contributed by atoms with E-state index < -0.39 is 5.63 Å². The Morgan fingerprint density at radius 1 is 1.13 bits per heavy atom. The Morgan fingerprint density at radius 2 is 1.87 bits per heavy atom. The molecular weight excluding hydrogens is 288 g/mol. The average molecular weight is 314 g/mol. The number of hydrogen-bond acceptors (Lipinski definition) is 3. The van der Waals surface area contributed by atoms with Gasteiger partial charge in [0.05, 0.1) is 0 Å². The minimum Gasteiger partial charge on any atom is -0.422 e. The first-order valence-corrected chi connectivity index (χ1v) is 8.55. The van der Waals surface area contributed by atoms with E-state index in [9.17, 15) is 9.59 Å². The van der Waals surface area contributed by atoms with Gasteiger partial charge in [-0.1, -0.05) is 58.2 Å². The lowest BCUT2D eigenvalue weighted by Crippen LogP contribution is -2.24. The average Bonchev–Trinajstić information content (AvgIpc) is 2.52. The second kappa shape index (κ2) is 7.58. The van der Waals surface area contributed by atoms with Gasteiger partial charge in [0.15, 0.2) is 5.78 Å². The minimum atomic E-state index is -0.525. The molecular formula is C20H26O3. The Morgan fingerprint density at radius 3 is 2.57 bits per heavy atom. The predicted molar refractivity (Wildman–Crippen MR) is 94.0 cm³/mol. The molecule has 0 fully saturated rings. The zero-order valence-corrected chi connectivity index (χ0v) is 14.4. The van der Waals surface area contributed by atoms with Gasteiger partial charge in [0, 0.05) is 11.8 Å². The van der Waals surface area contributed by atoms with Crippen molar-refractivity contribution >= 4 is 16.8 Å². The van der Waals surface area contributed by atoms with Crippen LogP contribution in [0.5, 0.6) is 0 Å². The van der Waals surface area contributed by atoms with Gasteiger partial charge in [0.1, 0.15) is 11.1 Å². The smallest absolute Gasteiger partial charge is 0.347 e. The van der Waals surface area contributed by atoms with Gasteiger partial charge in [-0.3, -0.25) is 4.79 Å². The van der Waals surface area contributed by atoms with Crippen LogP contribution in [0.2, 0.25) is 0 Å². The quantitative estimate of drug-likeness (QED) is 0.486. The molecule has 0 aliphatic rings. The first kappa shape index (κ1) is 17.5. The van der Waals surface area contributed by atoms with E-state index >= 15 is 0 Å². The van der Waals surface area contributed by atoms with Crippen molar-refractivity contribution in [2.24, 2.45) is 5.41 Å². The normalized spacial score (nSPS) is 13.9. The first-order chi connectivity index (χ1) is 11.0. The number of carbonyl (C=O) groups is 1. The van der Waals surface area contributed by atoms with Crippen LogP contribution in [0.3, 0.4) is 0 Å². The third kappa shape index (κ3) is 4.31. The maximum Gasteiger partial charge on any atom is 0.347 e. The standard InChI is InChI=1S/C20H26O3/c1-4-6-12-20(3,11-5-2)14-17(21)16-13-15-9-7-8-10-18(15)23-19(16)22/h7-10,13H,4-6,11-12,14H2,1-3H3. The van der Waals surface area contributed by atoms with Crippen molar-refractivity contribution in [3.8, 4) is 0 Å². The zero-order chi connectivity index (χ0) is 16.9. The molecule has 1 aromatic carbocycles. The van der Waals surface area contributed by atoms with Crippen LogP contribution in [-0.4, -0.2) is 5.78 Å². The molecule has 1 unspecified atom stereocenters. The number of hydrogen-bond donors (Lipinski definition) is 0. The fraction of sp³-hybridized carbons (Fsp3) is 0.500. The minimum absolute atomic E-state index is 0.0417. The third-order valence-electron chi connectivity index (χ3n) is 4.52. The molecule has 2 rings (SSSR count). The second-order valence-corrected chi connectivity index (χ2v) is 6.75. The number of para-hydroxylation sites is 1. The van der Waals surface area contributed by atoms with Crippen molar-refractivity contribution in [3.05, 3.63) is 46.3 Å². The fourth-order valence-corrected chi connectivity index (χ4v) is 3.25. The maximum atomic E-state index is 12.7. The number of benzene rings is 1. The molecule has 3 nitrogen and oxygen atoms in total. The molecule has 3 heteroatoms. The van der Waals surface area contributed by atoms with Crippen molar-refractivity contribution < 1.29 is 9.21 Å². The molecule has 0 spiro atoms. The Hall–Kier alpha value is -1.90. The SMILES string of the molecule is CCCCC(C)(CCC)CC(=O)c1cc2ccccc2oc1=O. The molecule has 124 valence electrons. The van der Waals surface area contributed by atoms with E-state index in [0.29, 0.717) is 12.0 Å².